The van der Waals surface area contributed by atoms with E-state index in [1.807, 2.05) is 4.90 Å². The minimum Gasteiger partial charge on any atom is -0.481 e. The summed E-state index contributed by atoms with van der Waals surface area (Å²) in [6, 6.07) is 2.96. The lowest BCUT2D eigenvalue weighted by molar-refractivity contribution is -0.134. The number of likely N-dealkylation sites (tertiary alicyclic amines) is 1. The Morgan fingerprint density at radius 1 is 1.27 bits per heavy atom. The van der Waals surface area contributed by atoms with Gasteiger partial charge in [0.15, 0.2) is 0 Å². The summed E-state index contributed by atoms with van der Waals surface area (Å²) in [5.41, 5.74) is 1.69. The number of carbonyl (C=O) groups excluding carboxylic acids is 2. The molecule has 2 fully saturated rings. The van der Waals surface area contributed by atoms with Gasteiger partial charge in [0.2, 0.25) is 11.8 Å². The molecule has 1 saturated heterocycles. The zero-order chi connectivity index (χ0) is 18.3. The third kappa shape index (κ3) is 3.13. The van der Waals surface area contributed by atoms with E-state index in [4.69, 9.17) is 4.74 Å². The molecule has 0 bridgehead atoms. The van der Waals surface area contributed by atoms with Gasteiger partial charge in [-0.1, -0.05) is 0 Å². The summed E-state index contributed by atoms with van der Waals surface area (Å²) in [5.74, 6) is 0.190. The first-order valence-electron chi connectivity index (χ1n) is 9.12. The van der Waals surface area contributed by atoms with Crippen LogP contribution in [-0.4, -0.2) is 52.9 Å². The molecule has 2 aliphatic rings. The second-order valence-corrected chi connectivity index (χ2v) is 7.52. The minimum atomic E-state index is -0.546. The third-order valence-corrected chi connectivity index (χ3v) is 5.74. The van der Waals surface area contributed by atoms with Gasteiger partial charge in [0.1, 0.15) is 11.7 Å². The normalized spacial score (nSPS) is 19.4. The number of rotatable bonds is 4. The molecule has 26 heavy (non-hydrogen) atoms. The van der Waals surface area contributed by atoms with E-state index < -0.39 is 6.04 Å². The van der Waals surface area contributed by atoms with Crippen molar-refractivity contribution in [2.45, 2.75) is 38.6 Å². The number of fused-ring (bicyclic) bond motifs is 1. The molecule has 1 atom stereocenters. The summed E-state index contributed by atoms with van der Waals surface area (Å²) in [6.07, 6.45) is 6.43. The van der Waals surface area contributed by atoms with Gasteiger partial charge in [-0.25, -0.2) is 4.98 Å². The first kappa shape index (κ1) is 16.9. The van der Waals surface area contributed by atoms with E-state index in [1.54, 1.807) is 32.4 Å². The third-order valence-electron chi connectivity index (χ3n) is 5.74. The molecule has 1 aliphatic heterocycles. The number of H-pyrrole nitrogens is 1. The first-order valence-corrected chi connectivity index (χ1v) is 9.12. The Hall–Kier alpha value is -2.57. The van der Waals surface area contributed by atoms with Crippen molar-refractivity contribution >= 4 is 22.7 Å². The van der Waals surface area contributed by atoms with Crippen LogP contribution in [0.2, 0.25) is 0 Å². The molecule has 138 valence electrons. The largest absolute Gasteiger partial charge is 0.481 e. The van der Waals surface area contributed by atoms with Crippen molar-refractivity contribution in [3.63, 3.8) is 0 Å². The number of aromatic amines is 1. The Kier molecular flexibility index (Phi) is 4.09. The van der Waals surface area contributed by atoms with Crippen LogP contribution in [0.5, 0.6) is 5.88 Å². The molecule has 2 amide bonds. The van der Waals surface area contributed by atoms with E-state index in [9.17, 15) is 9.59 Å². The van der Waals surface area contributed by atoms with Gasteiger partial charge < -0.3 is 19.9 Å². The van der Waals surface area contributed by atoms with Gasteiger partial charge >= 0.3 is 0 Å². The van der Waals surface area contributed by atoms with Crippen LogP contribution in [0.1, 0.15) is 43.1 Å². The average molecular weight is 356 g/mol. The molecular formula is C19H24N4O3. The van der Waals surface area contributed by atoms with Gasteiger partial charge in [-0.05, 0) is 44.1 Å². The van der Waals surface area contributed by atoms with Gasteiger partial charge in [-0.15, -0.1) is 0 Å². The maximum absolute atomic E-state index is 12.6. The zero-order valence-electron chi connectivity index (χ0n) is 15.2. The highest BCUT2D eigenvalue weighted by molar-refractivity contribution is 6.00. The van der Waals surface area contributed by atoms with Crippen molar-refractivity contribution < 1.29 is 14.3 Å². The Morgan fingerprint density at radius 2 is 2.00 bits per heavy atom. The Bertz CT molecular complexity index is 846. The predicted molar refractivity (Wildman–Crippen MR) is 97.1 cm³/mol. The Labute approximate surface area is 152 Å². The van der Waals surface area contributed by atoms with Gasteiger partial charge in [-0.3, -0.25) is 9.59 Å². The van der Waals surface area contributed by atoms with E-state index in [2.05, 4.69) is 15.3 Å². The Morgan fingerprint density at radius 3 is 2.65 bits per heavy atom. The van der Waals surface area contributed by atoms with E-state index in [1.165, 1.54) is 12.8 Å². The molecule has 2 aromatic rings. The number of hydrogen-bond acceptors (Lipinski definition) is 4. The van der Waals surface area contributed by atoms with Crippen LogP contribution < -0.4 is 10.1 Å². The summed E-state index contributed by atoms with van der Waals surface area (Å²) in [7, 11) is 1.55. The second-order valence-electron chi connectivity index (χ2n) is 7.52. The molecule has 1 aliphatic carbocycles. The van der Waals surface area contributed by atoms with Crippen LogP contribution in [-0.2, 0) is 4.79 Å². The lowest BCUT2D eigenvalue weighted by atomic mass is 9.93. The van der Waals surface area contributed by atoms with Gasteiger partial charge in [0.05, 0.1) is 18.8 Å². The molecule has 0 radical (unpaired) electrons. The lowest BCUT2D eigenvalue weighted by Gasteiger charge is -2.33. The quantitative estimate of drug-likeness (QED) is 0.878. The molecule has 7 nitrogen and oxygen atoms in total. The summed E-state index contributed by atoms with van der Waals surface area (Å²) >= 11 is 0. The van der Waals surface area contributed by atoms with Crippen molar-refractivity contribution in [3.8, 4) is 5.88 Å². The molecule has 2 N–H and O–H groups in total. The maximum Gasteiger partial charge on any atom is 0.268 e. The van der Waals surface area contributed by atoms with Crippen LogP contribution in [0.25, 0.3) is 10.9 Å². The highest BCUT2D eigenvalue weighted by atomic mass is 16.5. The minimum absolute atomic E-state index is 0.00621. The number of piperidine rings is 1. The highest BCUT2D eigenvalue weighted by Crippen LogP contribution is 2.53. The molecule has 1 spiro atoms. The van der Waals surface area contributed by atoms with Crippen LogP contribution in [0.15, 0.2) is 18.3 Å². The fourth-order valence-electron chi connectivity index (χ4n) is 3.73. The van der Waals surface area contributed by atoms with Gasteiger partial charge in [0, 0.05) is 24.5 Å². The van der Waals surface area contributed by atoms with Crippen molar-refractivity contribution in [3.05, 3.63) is 24.0 Å². The monoisotopic (exact) mass is 356 g/mol. The van der Waals surface area contributed by atoms with Crippen molar-refractivity contribution in [1.29, 1.82) is 0 Å². The number of amides is 2. The number of aromatic nitrogens is 2. The zero-order valence-corrected chi connectivity index (χ0v) is 15.2. The van der Waals surface area contributed by atoms with Crippen molar-refractivity contribution in [2.75, 3.05) is 20.2 Å². The number of hydrogen-bond donors (Lipinski definition) is 2. The van der Waals surface area contributed by atoms with E-state index >= 15 is 0 Å². The highest BCUT2D eigenvalue weighted by Gasteiger charge is 2.45. The van der Waals surface area contributed by atoms with Gasteiger partial charge in [0.25, 0.3) is 5.91 Å². The molecule has 7 heteroatoms. The first-order chi connectivity index (χ1) is 12.5. The summed E-state index contributed by atoms with van der Waals surface area (Å²) in [4.78, 5) is 34.2. The molecule has 0 aromatic carbocycles. The fraction of sp³-hybridized carbons (Fsp3) is 0.526. The molecule has 2 aromatic heterocycles. The van der Waals surface area contributed by atoms with Gasteiger partial charge in [-0.2, -0.15) is 0 Å². The molecular weight excluding hydrogens is 332 g/mol. The number of carbonyl (C=O) groups is 2. The topological polar surface area (TPSA) is 87.3 Å². The molecule has 0 unspecified atom stereocenters. The smallest absolute Gasteiger partial charge is 0.268 e. The van der Waals surface area contributed by atoms with Crippen LogP contribution in [0.4, 0.5) is 0 Å². The van der Waals surface area contributed by atoms with Crippen LogP contribution in [0, 0.1) is 5.41 Å². The summed E-state index contributed by atoms with van der Waals surface area (Å²) in [6.45, 7) is 3.35. The van der Waals surface area contributed by atoms with Crippen molar-refractivity contribution in [2.24, 2.45) is 5.41 Å². The number of nitrogens with one attached hydrogen (secondary N) is 2. The number of methoxy groups -OCH3 is 1. The summed E-state index contributed by atoms with van der Waals surface area (Å²) in [5, 5.41) is 3.65. The maximum atomic E-state index is 12.6. The van der Waals surface area contributed by atoms with Crippen LogP contribution >= 0.6 is 0 Å². The number of nitrogens with zero attached hydrogens (tertiary/aromatic N) is 2. The molecule has 1 saturated carbocycles. The average Bonchev–Trinajstić information content (AvgIpc) is 3.26. The lowest BCUT2D eigenvalue weighted by Crippen LogP contribution is -2.49. The van der Waals surface area contributed by atoms with Crippen LogP contribution in [0.3, 0.4) is 0 Å². The van der Waals surface area contributed by atoms with E-state index in [0.717, 1.165) is 36.8 Å². The number of ether oxygens (including phenoxy) is 1. The number of pyridine rings is 1. The van der Waals surface area contributed by atoms with Crippen molar-refractivity contribution in [1.82, 2.24) is 20.2 Å². The fourth-order valence-corrected chi connectivity index (χ4v) is 3.73. The molecule has 3 heterocycles. The Balaban J connectivity index is 1.39. The molecule has 4 rings (SSSR count). The van der Waals surface area contributed by atoms with E-state index in [-0.39, 0.29) is 11.8 Å². The standard InChI is InChI=1S/C19H24N4O3/c1-12(18(25)23-7-5-19(3-4-19)6-8-23)21-17(24)14-9-13-10-16(26-2)20-11-15(13)22-14/h9-12,22H,3-8H2,1-2H3,(H,21,24)/t12-/m1/s1. The van der Waals surface area contributed by atoms with E-state index in [0.29, 0.717) is 17.0 Å². The SMILES string of the molecule is COc1cc2cc(C(=O)N[C@H](C)C(=O)N3CCC4(CC3)CC4)[nH]c2cn1. The predicted octanol–water partition coefficient (Wildman–Crippen LogP) is 2.09. The summed E-state index contributed by atoms with van der Waals surface area (Å²) < 4.78 is 5.10. The second kappa shape index (κ2) is 6.30.